The van der Waals surface area contributed by atoms with E-state index in [4.69, 9.17) is 0 Å². The SMILES string of the molecule is CC1c2nnc(C(F)(F)F)n2CCN1C(=O)CCCC(=O)N1CCc2ccccc2C1. The smallest absolute Gasteiger partial charge is 0.338 e. The molecule has 4 rings (SSSR count). The molecule has 0 aliphatic carbocycles. The van der Waals surface area contributed by atoms with Crippen molar-refractivity contribution in [2.24, 2.45) is 0 Å². The summed E-state index contributed by atoms with van der Waals surface area (Å²) in [6.45, 7) is 3.06. The van der Waals surface area contributed by atoms with Crippen molar-refractivity contribution in [3.8, 4) is 0 Å². The zero-order valence-corrected chi connectivity index (χ0v) is 17.2. The minimum absolute atomic E-state index is 0.000621. The maximum Gasteiger partial charge on any atom is 0.451 e. The van der Waals surface area contributed by atoms with Crippen LogP contribution in [0.1, 0.15) is 55.0 Å². The Kier molecular flexibility index (Phi) is 5.72. The quantitative estimate of drug-likeness (QED) is 0.741. The van der Waals surface area contributed by atoms with Gasteiger partial charge in [-0.3, -0.25) is 9.59 Å². The van der Waals surface area contributed by atoms with Crippen LogP contribution in [0.2, 0.25) is 0 Å². The highest BCUT2D eigenvalue weighted by molar-refractivity contribution is 5.79. The molecule has 0 saturated carbocycles. The van der Waals surface area contributed by atoms with E-state index in [1.807, 2.05) is 23.1 Å². The normalized spacial score (nSPS) is 18.5. The molecule has 1 aromatic carbocycles. The van der Waals surface area contributed by atoms with Crippen LogP contribution in [0.25, 0.3) is 0 Å². The molecule has 2 aliphatic heterocycles. The lowest BCUT2D eigenvalue weighted by Gasteiger charge is -2.34. The summed E-state index contributed by atoms with van der Waals surface area (Å²) >= 11 is 0. The number of carbonyl (C=O) groups is 2. The average molecular weight is 435 g/mol. The number of nitrogens with zero attached hydrogens (tertiary/aromatic N) is 5. The number of hydrogen-bond acceptors (Lipinski definition) is 4. The van der Waals surface area contributed by atoms with Crippen LogP contribution in [-0.4, -0.2) is 49.5 Å². The van der Waals surface area contributed by atoms with Crippen LogP contribution in [0, 0.1) is 0 Å². The molecule has 166 valence electrons. The van der Waals surface area contributed by atoms with E-state index in [-0.39, 0.29) is 43.6 Å². The molecule has 2 aliphatic rings. The number of fused-ring (bicyclic) bond motifs is 2. The van der Waals surface area contributed by atoms with E-state index in [9.17, 15) is 22.8 Å². The van der Waals surface area contributed by atoms with Crippen LogP contribution in [0.3, 0.4) is 0 Å². The Balaban J connectivity index is 1.30. The molecular weight excluding hydrogens is 411 g/mol. The Morgan fingerprint density at radius 1 is 1.03 bits per heavy atom. The van der Waals surface area contributed by atoms with Crippen LogP contribution in [0.15, 0.2) is 24.3 Å². The number of carbonyl (C=O) groups excluding carboxylic acids is 2. The molecule has 0 saturated heterocycles. The van der Waals surface area contributed by atoms with Crippen molar-refractivity contribution in [2.45, 2.75) is 57.9 Å². The fourth-order valence-electron chi connectivity index (χ4n) is 4.34. The molecule has 0 bridgehead atoms. The van der Waals surface area contributed by atoms with E-state index in [0.717, 1.165) is 16.6 Å². The predicted molar refractivity (Wildman–Crippen MR) is 105 cm³/mol. The first-order chi connectivity index (χ1) is 14.8. The number of amides is 2. The van der Waals surface area contributed by atoms with Gasteiger partial charge < -0.3 is 14.4 Å². The molecule has 10 heteroatoms. The van der Waals surface area contributed by atoms with E-state index < -0.39 is 18.0 Å². The van der Waals surface area contributed by atoms with Crippen LogP contribution < -0.4 is 0 Å². The minimum Gasteiger partial charge on any atom is -0.338 e. The van der Waals surface area contributed by atoms with Gasteiger partial charge in [-0.1, -0.05) is 24.3 Å². The number of alkyl halides is 3. The number of halogens is 3. The highest BCUT2D eigenvalue weighted by Crippen LogP contribution is 2.33. The summed E-state index contributed by atoms with van der Waals surface area (Å²) in [6, 6.07) is 7.46. The fourth-order valence-corrected chi connectivity index (χ4v) is 4.34. The first-order valence-corrected chi connectivity index (χ1v) is 10.4. The number of hydrogen-bond donors (Lipinski definition) is 0. The molecule has 2 aromatic rings. The van der Waals surface area contributed by atoms with E-state index in [0.29, 0.717) is 19.5 Å². The molecule has 3 heterocycles. The molecule has 0 radical (unpaired) electrons. The van der Waals surface area contributed by atoms with Crippen molar-refractivity contribution in [2.75, 3.05) is 13.1 Å². The minimum atomic E-state index is -4.58. The van der Waals surface area contributed by atoms with E-state index in [1.54, 1.807) is 6.92 Å². The number of rotatable bonds is 4. The Labute approximate surface area is 177 Å². The van der Waals surface area contributed by atoms with Crippen LogP contribution in [-0.2, 0) is 35.3 Å². The van der Waals surface area contributed by atoms with Crippen LogP contribution in [0.5, 0.6) is 0 Å². The van der Waals surface area contributed by atoms with Gasteiger partial charge in [0.05, 0.1) is 6.04 Å². The van der Waals surface area contributed by atoms with Crippen LogP contribution in [0.4, 0.5) is 13.2 Å². The monoisotopic (exact) mass is 435 g/mol. The Morgan fingerprint density at radius 3 is 2.48 bits per heavy atom. The van der Waals surface area contributed by atoms with E-state index in [2.05, 4.69) is 16.3 Å². The predicted octanol–water partition coefficient (Wildman–Crippen LogP) is 2.96. The zero-order chi connectivity index (χ0) is 22.2. The molecule has 0 fully saturated rings. The van der Waals surface area contributed by atoms with Crippen molar-refractivity contribution in [1.82, 2.24) is 24.6 Å². The van der Waals surface area contributed by atoms with Gasteiger partial charge in [0.25, 0.3) is 0 Å². The second-order valence-corrected chi connectivity index (χ2v) is 7.98. The van der Waals surface area contributed by atoms with Gasteiger partial charge in [0, 0.05) is 39.0 Å². The second kappa shape index (κ2) is 8.32. The van der Waals surface area contributed by atoms with E-state index in [1.165, 1.54) is 10.5 Å². The van der Waals surface area contributed by atoms with Gasteiger partial charge in [-0.25, -0.2) is 0 Å². The summed E-state index contributed by atoms with van der Waals surface area (Å²) in [7, 11) is 0. The number of benzene rings is 1. The maximum atomic E-state index is 13.0. The molecular formula is C21H24F3N5O2. The van der Waals surface area contributed by atoms with Gasteiger partial charge in [-0.15, -0.1) is 10.2 Å². The second-order valence-electron chi connectivity index (χ2n) is 7.98. The fraction of sp³-hybridized carbons (Fsp3) is 0.524. The van der Waals surface area contributed by atoms with Crippen molar-refractivity contribution in [1.29, 1.82) is 0 Å². The Morgan fingerprint density at radius 2 is 1.74 bits per heavy atom. The lowest BCUT2D eigenvalue weighted by atomic mass is 9.99. The molecule has 7 nitrogen and oxygen atoms in total. The highest BCUT2D eigenvalue weighted by Gasteiger charge is 2.41. The summed E-state index contributed by atoms with van der Waals surface area (Å²) in [6.07, 6.45) is -2.91. The van der Waals surface area contributed by atoms with Crippen LogP contribution >= 0.6 is 0 Å². The number of aromatic nitrogens is 3. The molecule has 1 atom stereocenters. The summed E-state index contributed by atoms with van der Waals surface area (Å²) in [5.41, 5.74) is 2.42. The van der Waals surface area contributed by atoms with Gasteiger partial charge in [0.2, 0.25) is 17.6 Å². The van der Waals surface area contributed by atoms with Crippen molar-refractivity contribution >= 4 is 11.8 Å². The first-order valence-electron chi connectivity index (χ1n) is 10.4. The third-order valence-corrected chi connectivity index (χ3v) is 6.02. The van der Waals surface area contributed by atoms with Gasteiger partial charge >= 0.3 is 6.18 Å². The van der Waals surface area contributed by atoms with Gasteiger partial charge in [0.1, 0.15) is 0 Å². The van der Waals surface area contributed by atoms with Crippen molar-refractivity contribution in [3.05, 3.63) is 47.0 Å². The van der Waals surface area contributed by atoms with Crippen molar-refractivity contribution in [3.63, 3.8) is 0 Å². The molecule has 0 spiro atoms. The maximum absolute atomic E-state index is 13.0. The molecule has 31 heavy (non-hydrogen) atoms. The third-order valence-electron chi connectivity index (χ3n) is 6.02. The lowest BCUT2D eigenvalue weighted by Crippen LogP contribution is -2.42. The van der Waals surface area contributed by atoms with Crippen molar-refractivity contribution < 1.29 is 22.8 Å². The third kappa shape index (κ3) is 4.28. The Hall–Kier alpha value is -2.91. The summed E-state index contributed by atoms with van der Waals surface area (Å²) < 4.78 is 40.1. The standard InChI is InChI=1S/C21H24F3N5O2/c1-14-19-25-26-20(21(22,23)24)29(19)12-11-28(14)18(31)8-4-7-17(30)27-10-9-15-5-2-3-6-16(15)13-27/h2-3,5-6,14H,4,7-13H2,1H3. The lowest BCUT2D eigenvalue weighted by molar-refractivity contribution is -0.148. The zero-order valence-electron chi connectivity index (χ0n) is 17.2. The largest absolute Gasteiger partial charge is 0.451 e. The first kappa shape index (κ1) is 21.3. The molecule has 1 aromatic heterocycles. The summed E-state index contributed by atoms with van der Waals surface area (Å²) in [5, 5.41) is 6.93. The average Bonchev–Trinajstić information content (AvgIpc) is 3.19. The molecule has 0 N–H and O–H groups in total. The summed E-state index contributed by atoms with van der Waals surface area (Å²) in [4.78, 5) is 28.6. The Bertz CT molecular complexity index is 988. The molecule has 1 unspecified atom stereocenters. The summed E-state index contributed by atoms with van der Waals surface area (Å²) in [5.74, 6) is -1.07. The molecule has 2 amide bonds. The topological polar surface area (TPSA) is 71.3 Å². The van der Waals surface area contributed by atoms with Gasteiger partial charge in [0.15, 0.2) is 5.82 Å². The highest BCUT2D eigenvalue weighted by atomic mass is 19.4. The van der Waals surface area contributed by atoms with E-state index >= 15 is 0 Å². The van der Waals surface area contributed by atoms with Gasteiger partial charge in [-0.2, -0.15) is 13.2 Å². The van der Waals surface area contributed by atoms with Gasteiger partial charge in [-0.05, 0) is 30.9 Å².